The summed E-state index contributed by atoms with van der Waals surface area (Å²) in [5.74, 6) is -1.46. The van der Waals surface area contributed by atoms with Crippen molar-refractivity contribution in [1.29, 1.82) is 0 Å². The highest BCUT2D eigenvalue weighted by Gasteiger charge is 2.35. The zero-order chi connectivity index (χ0) is 11.0. The number of sulfone groups is 1. The normalized spacial score (nSPS) is 12.9. The van der Waals surface area contributed by atoms with Crippen molar-refractivity contribution in [3.8, 4) is 0 Å². The minimum Gasteiger partial charge on any atom is -0.233 e. The molecule has 1 heterocycles. The molecule has 0 unspecified atom stereocenters. The Morgan fingerprint density at radius 1 is 1.36 bits per heavy atom. The lowest BCUT2D eigenvalue weighted by Crippen LogP contribution is -2.13. The van der Waals surface area contributed by atoms with E-state index in [0.29, 0.717) is 0 Å². The molecule has 0 aliphatic heterocycles. The molecule has 1 rings (SSSR count). The van der Waals surface area contributed by atoms with Crippen molar-refractivity contribution in [2.24, 2.45) is 0 Å². The van der Waals surface area contributed by atoms with Crippen molar-refractivity contribution in [3.05, 3.63) is 18.1 Å². The molecule has 1 aromatic heterocycles. The predicted octanol–water partition coefficient (Wildman–Crippen LogP) is 0.899. The summed E-state index contributed by atoms with van der Waals surface area (Å²) in [4.78, 5) is 5.81. The van der Waals surface area contributed by atoms with Crippen molar-refractivity contribution in [2.45, 2.75) is 11.2 Å². The molecular weight excluding hydrogens is 221 g/mol. The van der Waals surface area contributed by atoms with E-state index in [0.717, 1.165) is 18.5 Å². The van der Waals surface area contributed by atoms with Gasteiger partial charge in [0.15, 0.2) is 14.9 Å². The number of rotatable bonds is 1. The molecule has 4 nitrogen and oxygen atoms in total. The molecule has 0 bridgehead atoms. The van der Waals surface area contributed by atoms with Gasteiger partial charge in [-0.15, -0.1) is 0 Å². The molecule has 0 atom stereocenters. The van der Waals surface area contributed by atoms with Crippen LogP contribution in [-0.4, -0.2) is 24.6 Å². The Hall–Kier alpha value is -1.18. The Balaban J connectivity index is 3.29. The molecule has 78 valence electrons. The van der Waals surface area contributed by atoms with Gasteiger partial charge in [0, 0.05) is 12.5 Å². The van der Waals surface area contributed by atoms with E-state index in [2.05, 4.69) is 9.97 Å². The van der Waals surface area contributed by atoms with Crippen LogP contribution < -0.4 is 0 Å². The zero-order valence-corrected chi connectivity index (χ0v) is 7.72. The van der Waals surface area contributed by atoms with Gasteiger partial charge >= 0.3 is 6.18 Å². The maximum Gasteiger partial charge on any atom is 0.451 e. The lowest BCUT2D eigenvalue weighted by Gasteiger charge is -2.04. The molecule has 0 aromatic carbocycles. The van der Waals surface area contributed by atoms with Gasteiger partial charge < -0.3 is 0 Å². The maximum atomic E-state index is 12.0. The first-order valence-electron chi connectivity index (χ1n) is 3.31. The van der Waals surface area contributed by atoms with Crippen LogP contribution in [0.3, 0.4) is 0 Å². The summed E-state index contributed by atoms with van der Waals surface area (Å²) in [6.45, 7) is 0. The number of aromatic nitrogens is 2. The number of hydrogen-bond donors (Lipinski definition) is 0. The average molecular weight is 226 g/mol. The van der Waals surface area contributed by atoms with Gasteiger partial charge in [0.2, 0.25) is 5.82 Å². The van der Waals surface area contributed by atoms with Gasteiger partial charge in [-0.3, -0.25) is 0 Å². The van der Waals surface area contributed by atoms with Gasteiger partial charge in [-0.1, -0.05) is 0 Å². The summed E-state index contributed by atoms with van der Waals surface area (Å²) < 4.78 is 57.8. The number of alkyl halides is 3. The summed E-state index contributed by atoms with van der Waals surface area (Å²) >= 11 is 0. The van der Waals surface area contributed by atoms with Crippen LogP contribution in [0.4, 0.5) is 13.2 Å². The van der Waals surface area contributed by atoms with E-state index in [-0.39, 0.29) is 0 Å². The molecule has 0 aliphatic rings. The van der Waals surface area contributed by atoms with E-state index in [4.69, 9.17) is 0 Å². The molecule has 0 amide bonds. The van der Waals surface area contributed by atoms with Crippen LogP contribution in [0, 0.1) is 0 Å². The van der Waals surface area contributed by atoms with Gasteiger partial charge in [0.25, 0.3) is 0 Å². The highest BCUT2D eigenvalue weighted by Crippen LogP contribution is 2.26. The minimum absolute atomic E-state index is 0.639. The van der Waals surface area contributed by atoms with Crippen molar-refractivity contribution >= 4 is 9.84 Å². The minimum atomic E-state index is -4.74. The van der Waals surface area contributed by atoms with E-state index in [1.54, 1.807) is 0 Å². The summed E-state index contributed by atoms with van der Waals surface area (Å²) in [6, 6.07) is 0.907. The Labute approximate surface area is 77.7 Å². The topological polar surface area (TPSA) is 59.9 Å². The fraction of sp³-hybridized carbons (Fsp3) is 0.333. The van der Waals surface area contributed by atoms with Gasteiger partial charge in [-0.25, -0.2) is 18.4 Å². The fourth-order valence-electron chi connectivity index (χ4n) is 0.685. The smallest absolute Gasteiger partial charge is 0.233 e. The SMILES string of the molecule is CS(=O)(=O)c1ccnc(C(F)(F)F)n1. The Morgan fingerprint density at radius 2 is 1.93 bits per heavy atom. The summed E-state index contributed by atoms with van der Waals surface area (Å²) in [7, 11) is -3.74. The standard InChI is InChI=1S/C6H5F3N2O2S/c1-14(12,13)4-2-3-10-5(11-4)6(7,8)9/h2-3H,1H3. The lowest BCUT2D eigenvalue weighted by molar-refractivity contribution is -0.145. The molecule has 1 aromatic rings. The van der Waals surface area contributed by atoms with Crippen LogP contribution >= 0.6 is 0 Å². The highest BCUT2D eigenvalue weighted by atomic mass is 32.2. The van der Waals surface area contributed by atoms with Crippen molar-refractivity contribution in [1.82, 2.24) is 9.97 Å². The van der Waals surface area contributed by atoms with Gasteiger partial charge in [0.1, 0.15) is 0 Å². The monoisotopic (exact) mass is 226 g/mol. The molecule has 14 heavy (non-hydrogen) atoms. The third kappa shape index (κ3) is 2.41. The maximum absolute atomic E-state index is 12.0. The summed E-state index contributed by atoms with van der Waals surface area (Å²) in [5.41, 5.74) is 0. The van der Waals surface area contributed by atoms with Crippen LogP contribution in [0.25, 0.3) is 0 Å². The van der Waals surface area contributed by atoms with E-state index in [9.17, 15) is 21.6 Å². The second-order valence-electron chi connectivity index (χ2n) is 2.49. The van der Waals surface area contributed by atoms with Gasteiger partial charge in [-0.05, 0) is 6.07 Å². The molecule has 8 heteroatoms. The molecule has 0 spiro atoms. The van der Waals surface area contributed by atoms with E-state index in [1.807, 2.05) is 0 Å². The molecule has 0 saturated carbocycles. The number of nitrogens with zero attached hydrogens (tertiary/aromatic N) is 2. The van der Waals surface area contributed by atoms with Crippen molar-refractivity contribution < 1.29 is 21.6 Å². The van der Waals surface area contributed by atoms with E-state index >= 15 is 0 Å². The third-order valence-corrected chi connectivity index (χ3v) is 2.25. The number of halogens is 3. The first-order valence-corrected chi connectivity index (χ1v) is 5.21. The van der Waals surface area contributed by atoms with Crippen LogP contribution in [-0.2, 0) is 16.0 Å². The molecule has 0 radical (unpaired) electrons. The first-order chi connectivity index (χ1) is 6.21. The summed E-state index contributed by atoms with van der Waals surface area (Å²) in [6.07, 6.45) is -3.21. The Morgan fingerprint density at radius 3 is 2.36 bits per heavy atom. The lowest BCUT2D eigenvalue weighted by atomic mass is 10.5. The van der Waals surface area contributed by atoms with Gasteiger partial charge in [0.05, 0.1) is 0 Å². The van der Waals surface area contributed by atoms with Crippen LogP contribution in [0.2, 0.25) is 0 Å². The molecular formula is C6H5F3N2O2S. The average Bonchev–Trinajstić information content (AvgIpc) is 2.01. The highest BCUT2D eigenvalue weighted by molar-refractivity contribution is 7.90. The Bertz CT molecular complexity index is 441. The van der Waals surface area contributed by atoms with Crippen molar-refractivity contribution in [3.63, 3.8) is 0 Å². The largest absolute Gasteiger partial charge is 0.451 e. The Kier molecular flexibility index (Phi) is 2.49. The second-order valence-corrected chi connectivity index (χ2v) is 4.45. The van der Waals surface area contributed by atoms with Crippen LogP contribution in [0.1, 0.15) is 5.82 Å². The molecule has 0 saturated heterocycles. The first kappa shape index (κ1) is 10.9. The third-order valence-electron chi connectivity index (χ3n) is 1.26. The zero-order valence-electron chi connectivity index (χ0n) is 6.91. The number of hydrogen-bond acceptors (Lipinski definition) is 4. The molecule has 0 N–H and O–H groups in total. The van der Waals surface area contributed by atoms with Crippen molar-refractivity contribution in [2.75, 3.05) is 6.26 Å². The molecule has 0 aliphatic carbocycles. The van der Waals surface area contributed by atoms with Crippen LogP contribution in [0.5, 0.6) is 0 Å². The van der Waals surface area contributed by atoms with E-state index in [1.165, 1.54) is 0 Å². The predicted molar refractivity (Wildman–Crippen MR) is 40.1 cm³/mol. The van der Waals surface area contributed by atoms with Gasteiger partial charge in [-0.2, -0.15) is 13.2 Å². The van der Waals surface area contributed by atoms with Crippen LogP contribution in [0.15, 0.2) is 17.3 Å². The molecule has 0 fully saturated rings. The van der Waals surface area contributed by atoms with E-state index < -0.39 is 26.9 Å². The summed E-state index contributed by atoms with van der Waals surface area (Å²) in [5, 5.41) is -0.639. The fourth-order valence-corrected chi connectivity index (χ4v) is 1.25. The second kappa shape index (κ2) is 3.19. The quantitative estimate of drug-likeness (QED) is 0.667.